The topological polar surface area (TPSA) is 0 Å². The summed E-state index contributed by atoms with van der Waals surface area (Å²) >= 11 is 4.88. The number of fused-ring (bicyclic) bond motifs is 1. The first kappa shape index (κ1) is 10.1. The highest BCUT2D eigenvalue weighted by atomic mass is 79.9. The summed E-state index contributed by atoms with van der Waals surface area (Å²) in [6.45, 7) is 1.85. The molecule has 0 N–H and O–H groups in total. The molecule has 0 bridgehead atoms. The maximum absolute atomic E-state index is 12.5. The normalized spacial score (nSPS) is 11.5. The van der Waals surface area contributed by atoms with E-state index in [4.69, 9.17) is 0 Å². The van der Waals surface area contributed by atoms with Crippen LogP contribution in [0.25, 0.3) is 10.1 Å². The first-order valence-electron chi connectivity index (χ1n) is 4.05. The van der Waals surface area contributed by atoms with Gasteiger partial charge in [0, 0.05) is 25.5 Å². The molecule has 74 valence electrons. The molecule has 0 amide bonds. The Labute approximate surface area is 92.7 Å². The second kappa shape index (κ2) is 3.59. The first-order valence-corrected chi connectivity index (χ1v) is 5.72. The quantitative estimate of drug-likeness (QED) is 0.694. The Balaban J connectivity index is 2.74. The van der Waals surface area contributed by atoms with E-state index < -0.39 is 6.43 Å². The molecule has 0 radical (unpaired) electrons. The van der Waals surface area contributed by atoms with Crippen LogP contribution >= 0.6 is 27.3 Å². The van der Waals surface area contributed by atoms with Gasteiger partial charge in [-0.15, -0.1) is 11.3 Å². The smallest absolute Gasteiger partial charge is 0.205 e. The number of halogens is 3. The van der Waals surface area contributed by atoms with Gasteiger partial charge in [0.1, 0.15) is 0 Å². The minimum absolute atomic E-state index is 0.101. The van der Waals surface area contributed by atoms with Gasteiger partial charge >= 0.3 is 0 Å². The van der Waals surface area contributed by atoms with Crippen molar-refractivity contribution >= 4 is 37.4 Å². The summed E-state index contributed by atoms with van der Waals surface area (Å²) in [4.78, 5) is 0. The predicted octanol–water partition coefficient (Wildman–Crippen LogP) is 4.91. The highest BCUT2D eigenvalue weighted by molar-refractivity contribution is 9.10. The van der Waals surface area contributed by atoms with Crippen molar-refractivity contribution in [2.24, 2.45) is 0 Å². The van der Waals surface area contributed by atoms with Gasteiger partial charge in [-0.05, 0) is 40.5 Å². The molecular formula is C10H7BrF2S. The summed E-state index contributed by atoms with van der Waals surface area (Å²) in [5, 5.41) is 2.96. The molecule has 0 saturated carbocycles. The third-order valence-corrected chi connectivity index (χ3v) is 3.96. The van der Waals surface area contributed by atoms with Gasteiger partial charge in [0.2, 0.25) is 0 Å². The van der Waals surface area contributed by atoms with Crippen LogP contribution in [0.3, 0.4) is 0 Å². The number of benzene rings is 1. The van der Waals surface area contributed by atoms with Gasteiger partial charge in [-0.2, -0.15) is 0 Å². The molecule has 2 aromatic rings. The fourth-order valence-corrected chi connectivity index (χ4v) is 3.36. The average Bonchev–Trinajstić information content (AvgIpc) is 2.48. The van der Waals surface area contributed by atoms with Crippen molar-refractivity contribution in [1.29, 1.82) is 0 Å². The second-order valence-corrected chi connectivity index (χ2v) is 4.86. The van der Waals surface area contributed by atoms with E-state index in [0.29, 0.717) is 0 Å². The van der Waals surface area contributed by atoms with E-state index in [9.17, 15) is 8.78 Å². The van der Waals surface area contributed by atoms with Crippen LogP contribution in [0.15, 0.2) is 22.0 Å². The zero-order chi connectivity index (χ0) is 10.3. The van der Waals surface area contributed by atoms with Gasteiger partial charge in [0.05, 0.1) is 0 Å². The summed E-state index contributed by atoms with van der Waals surface area (Å²) in [6, 6.07) is 3.10. The van der Waals surface area contributed by atoms with Gasteiger partial charge in [-0.25, -0.2) is 8.78 Å². The van der Waals surface area contributed by atoms with Crippen molar-refractivity contribution in [1.82, 2.24) is 0 Å². The number of rotatable bonds is 1. The lowest BCUT2D eigenvalue weighted by atomic mass is 10.1. The third-order valence-electron chi connectivity index (χ3n) is 2.10. The lowest BCUT2D eigenvalue weighted by Gasteiger charge is -2.03. The van der Waals surface area contributed by atoms with Gasteiger partial charge in [0.15, 0.2) is 0 Å². The van der Waals surface area contributed by atoms with E-state index in [1.54, 1.807) is 12.1 Å². The molecule has 4 heteroatoms. The number of alkyl halides is 2. The van der Waals surface area contributed by atoms with E-state index in [1.807, 2.05) is 12.3 Å². The molecule has 0 spiro atoms. The molecule has 0 aliphatic rings. The fourth-order valence-electron chi connectivity index (χ4n) is 1.48. The molecule has 0 unspecified atom stereocenters. The minimum Gasteiger partial charge on any atom is -0.205 e. The Bertz CT molecular complexity index is 476. The van der Waals surface area contributed by atoms with Crippen LogP contribution in [0.4, 0.5) is 8.78 Å². The number of aryl methyl sites for hydroxylation is 1. The van der Waals surface area contributed by atoms with Gasteiger partial charge in [-0.3, -0.25) is 0 Å². The lowest BCUT2D eigenvalue weighted by Crippen LogP contribution is -1.85. The van der Waals surface area contributed by atoms with Crippen molar-refractivity contribution in [3.63, 3.8) is 0 Å². The zero-order valence-corrected chi connectivity index (χ0v) is 9.75. The summed E-state index contributed by atoms with van der Waals surface area (Å²) in [6.07, 6.45) is -2.39. The molecule has 1 aromatic carbocycles. The predicted molar refractivity (Wildman–Crippen MR) is 59.2 cm³/mol. The molecular weight excluding hydrogens is 270 g/mol. The number of hydrogen-bond donors (Lipinski definition) is 0. The Morgan fingerprint density at radius 2 is 2.07 bits per heavy atom. The molecule has 2 rings (SSSR count). The van der Waals surface area contributed by atoms with E-state index in [0.717, 1.165) is 20.1 Å². The van der Waals surface area contributed by atoms with Crippen LogP contribution in [-0.2, 0) is 0 Å². The van der Waals surface area contributed by atoms with Crippen molar-refractivity contribution in [2.75, 3.05) is 0 Å². The summed E-state index contributed by atoms with van der Waals surface area (Å²) in [5.41, 5.74) is 0.996. The molecule has 1 aromatic heterocycles. The number of hydrogen-bond acceptors (Lipinski definition) is 1. The third kappa shape index (κ3) is 1.57. The Morgan fingerprint density at radius 1 is 1.36 bits per heavy atom. The van der Waals surface area contributed by atoms with Crippen LogP contribution in [-0.4, -0.2) is 0 Å². The summed E-state index contributed by atoms with van der Waals surface area (Å²) in [5.74, 6) is 0. The standard InChI is InChI=1S/C10H7BrF2S/c1-5-2-6(10(12)13)3-8-9(5)7(11)4-14-8/h2-4,10H,1H3. The van der Waals surface area contributed by atoms with E-state index in [-0.39, 0.29) is 5.56 Å². The minimum atomic E-state index is -2.39. The maximum Gasteiger partial charge on any atom is 0.263 e. The Hall–Kier alpha value is -0.480. The Morgan fingerprint density at radius 3 is 2.71 bits per heavy atom. The largest absolute Gasteiger partial charge is 0.263 e. The van der Waals surface area contributed by atoms with Gasteiger partial charge < -0.3 is 0 Å². The van der Waals surface area contributed by atoms with Gasteiger partial charge in [0.25, 0.3) is 6.43 Å². The zero-order valence-electron chi connectivity index (χ0n) is 7.35. The van der Waals surface area contributed by atoms with E-state index in [1.165, 1.54) is 11.3 Å². The second-order valence-electron chi connectivity index (χ2n) is 3.10. The van der Waals surface area contributed by atoms with Crippen LogP contribution in [0.5, 0.6) is 0 Å². The molecule has 0 saturated heterocycles. The highest BCUT2D eigenvalue weighted by Gasteiger charge is 2.12. The molecule has 0 fully saturated rings. The van der Waals surface area contributed by atoms with E-state index >= 15 is 0 Å². The van der Waals surface area contributed by atoms with Crippen LogP contribution in [0, 0.1) is 6.92 Å². The maximum atomic E-state index is 12.5. The molecule has 1 heterocycles. The lowest BCUT2D eigenvalue weighted by molar-refractivity contribution is 0.151. The summed E-state index contributed by atoms with van der Waals surface area (Å²) < 4.78 is 26.8. The van der Waals surface area contributed by atoms with Crippen molar-refractivity contribution in [3.8, 4) is 0 Å². The molecule has 0 nitrogen and oxygen atoms in total. The highest BCUT2D eigenvalue weighted by Crippen LogP contribution is 2.35. The molecule has 0 atom stereocenters. The van der Waals surface area contributed by atoms with Crippen LogP contribution < -0.4 is 0 Å². The van der Waals surface area contributed by atoms with Crippen LogP contribution in [0.2, 0.25) is 0 Å². The molecule has 0 aliphatic carbocycles. The van der Waals surface area contributed by atoms with Crippen molar-refractivity contribution < 1.29 is 8.78 Å². The Kier molecular flexibility index (Phi) is 2.58. The summed E-state index contributed by atoms with van der Waals surface area (Å²) in [7, 11) is 0. The van der Waals surface area contributed by atoms with Crippen LogP contribution in [0.1, 0.15) is 17.6 Å². The monoisotopic (exact) mass is 276 g/mol. The average molecular weight is 277 g/mol. The SMILES string of the molecule is Cc1cc(C(F)F)cc2scc(Br)c12. The molecule has 0 aliphatic heterocycles. The van der Waals surface area contributed by atoms with E-state index in [2.05, 4.69) is 15.9 Å². The first-order chi connectivity index (χ1) is 6.59. The van der Waals surface area contributed by atoms with Crippen molar-refractivity contribution in [3.05, 3.63) is 33.1 Å². The van der Waals surface area contributed by atoms with Crippen molar-refractivity contribution in [2.45, 2.75) is 13.3 Å². The van der Waals surface area contributed by atoms with Gasteiger partial charge in [-0.1, -0.05) is 0 Å². The molecule has 14 heavy (non-hydrogen) atoms. The fraction of sp³-hybridized carbons (Fsp3) is 0.200. The number of thiophene rings is 1.